The topological polar surface area (TPSA) is 40.5 Å². The first-order chi connectivity index (χ1) is 5.83. The second-order valence-electron chi connectivity index (χ2n) is 3.13. The molecule has 2 nitrogen and oxygen atoms in total. The van der Waals surface area contributed by atoms with E-state index in [-0.39, 0.29) is 6.61 Å². The average Bonchev–Trinajstić information content (AvgIpc) is 2.16. The van der Waals surface area contributed by atoms with Gasteiger partial charge in [0.25, 0.3) is 0 Å². The summed E-state index contributed by atoms with van der Waals surface area (Å²) in [5.41, 5.74) is 1.29. The SMILES string of the molecule is OC[C@@H](O)CCC1=CCCC=C1. The monoisotopic (exact) mass is 168 g/mol. The van der Waals surface area contributed by atoms with Gasteiger partial charge in [0.05, 0.1) is 12.7 Å². The van der Waals surface area contributed by atoms with Crippen molar-refractivity contribution in [2.45, 2.75) is 31.8 Å². The molecule has 2 N–H and O–H groups in total. The molecule has 68 valence electrons. The molecule has 1 rings (SSSR count). The number of hydrogen-bond acceptors (Lipinski definition) is 2. The van der Waals surface area contributed by atoms with Gasteiger partial charge in [-0.25, -0.2) is 0 Å². The smallest absolute Gasteiger partial charge is 0.0774 e. The molecule has 0 saturated carbocycles. The van der Waals surface area contributed by atoms with Crippen molar-refractivity contribution in [2.24, 2.45) is 0 Å². The third-order valence-electron chi connectivity index (χ3n) is 2.05. The number of aliphatic hydroxyl groups is 2. The first kappa shape index (κ1) is 9.49. The molecule has 12 heavy (non-hydrogen) atoms. The zero-order valence-electron chi connectivity index (χ0n) is 7.24. The average molecular weight is 168 g/mol. The van der Waals surface area contributed by atoms with Gasteiger partial charge in [-0.05, 0) is 25.7 Å². The molecule has 0 spiro atoms. The van der Waals surface area contributed by atoms with E-state index in [9.17, 15) is 0 Å². The molecule has 0 saturated heterocycles. The largest absolute Gasteiger partial charge is 0.394 e. The van der Waals surface area contributed by atoms with E-state index in [1.807, 2.05) is 0 Å². The summed E-state index contributed by atoms with van der Waals surface area (Å²) < 4.78 is 0. The number of hydrogen-bond donors (Lipinski definition) is 2. The van der Waals surface area contributed by atoms with Crippen molar-refractivity contribution in [2.75, 3.05) is 6.61 Å². The van der Waals surface area contributed by atoms with Crippen LogP contribution in [0.25, 0.3) is 0 Å². The van der Waals surface area contributed by atoms with Crippen LogP contribution in [0.5, 0.6) is 0 Å². The molecule has 0 amide bonds. The van der Waals surface area contributed by atoms with Crippen molar-refractivity contribution >= 4 is 0 Å². The molecule has 1 aliphatic rings. The van der Waals surface area contributed by atoms with Gasteiger partial charge in [-0.1, -0.05) is 23.8 Å². The fourth-order valence-corrected chi connectivity index (χ4v) is 1.28. The molecule has 0 heterocycles. The first-order valence-electron chi connectivity index (χ1n) is 4.47. The van der Waals surface area contributed by atoms with E-state index in [1.54, 1.807) is 0 Å². The maximum atomic E-state index is 9.09. The fourth-order valence-electron chi connectivity index (χ4n) is 1.28. The maximum Gasteiger partial charge on any atom is 0.0774 e. The summed E-state index contributed by atoms with van der Waals surface area (Å²) in [5, 5.41) is 17.7. The van der Waals surface area contributed by atoms with Crippen LogP contribution in [-0.4, -0.2) is 22.9 Å². The Balaban J connectivity index is 2.22. The van der Waals surface area contributed by atoms with Gasteiger partial charge in [-0.3, -0.25) is 0 Å². The van der Waals surface area contributed by atoms with Crippen LogP contribution in [0.3, 0.4) is 0 Å². The molecule has 1 atom stereocenters. The number of aliphatic hydroxyl groups excluding tert-OH is 2. The minimum Gasteiger partial charge on any atom is -0.394 e. The molecular weight excluding hydrogens is 152 g/mol. The van der Waals surface area contributed by atoms with E-state index in [0.29, 0.717) is 6.42 Å². The van der Waals surface area contributed by atoms with Crippen LogP contribution in [0.1, 0.15) is 25.7 Å². The Bertz CT molecular complexity index is 182. The number of allylic oxidation sites excluding steroid dienone is 4. The summed E-state index contributed by atoms with van der Waals surface area (Å²) in [7, 11) is 0. The van der Waals surface area contributed by atoms with E-state index >= 15 is 0 Å². The van der Waals surface area contributed by atoms with Crippen molar-refractivity contribution in [1.82, 2.24) is 0 Å². The van der Waals surface area contributed by atoms with Gasteiger partial charge in [0, 0.05) is 0 Å². The Morgan fingerprint density at radius 2 is 2.25 bits per heavy atom. The molecule has 0 fully saturated rings. The molecule has 0 aliphatic heterocycles. The van der Waals surface area contributed by atoms with Crippen molar-refractivity contribution in [1.29, 1.82) is 0 Å². The lowest BCUT2D eigenvalue weighted by atomic mass is 10.0. The van der Waals surface area contributed by atoms with Gasteiger partial charge >= 0.3 is 0 Å². The summed E-state index contributed by atoms with van der Waals surface area (Å²) in [6.07, 6.45) is 9.68. The minimum absolute atomic E-state index is 0.128. The van der Waals surface area contributed by atoms with Gasteiger partial charge < -0.3 is 10.2 Å². The molecule has 0 radical (unpaired) electrons. The second-order valence-corrected chi connectivity index (χ2v) is 3.13. The van der Waals surface area contributed by atoms with Gasteiger partial charge in [-0.2, -0.15) is 0 Å². The Hall–Kier alpha value is -0.600. The summed E-state index contributed by atoms with van der Waals surface area (Å²) in [5.74, 6) is 0. The van der Waals surface area contributed by atoms with Crippen molar-refractivity contribution in [3.63, 3.8) is 0 Å². The van der Waals surface area contributed by atoms with Crippen LogP contribution in [0.4, 0.5) is 0 Å². The fraction of sp³-hybridized carbons (Fsp3) is 0.600. The van der Waals surface area contributed by atoms with E-state index in [2.05, 4.69) is 18.2 Å². The Morgan fingerprint density at radius 3 is 2.83 bits per heavy atom. The lowest BCUT2D eigenvalue weighted by Gasteiger charge is -2.09. The summed E-state index contributed by atoms with van der Waals surface area (Å²) in [6.45, 7) is -0.128. The zero-order valence-corrected chi connectivity index (χ0v) is 7.24. The molecule has 1 aliphatic carbocycles. The second kappa shape index (κ2) is 5.12. The van der Waals surface area contributed by atoms with E-state index in [1.165, 1.54) is 5.57 Å². The van der Waals surface area contributed by atoms with Crippen molar-refractivity contribution in [3.8, 4) is 0 Å². The Labute approximate surface area is 73.2 Å². The van der Waals surface area contributed by atoms with Crippen LogP contribution in [0.15, 0.2) is 23.8 Å². The highest BCUT2D eigenvalue weighted by atomic mass is 16.3. The molecular formula is C10H16O2. The molecule has 2 heteroatoms. The van der Waals surface area contributed by atoms with E-state index in [4.69, 9.17) is 10.2 Å². The molecule has 0 aromatic heterocycles. The predicted molar refractivity (Wildman–Crippen MR) is 48.8 cm³/mol. The lowest BCUT2D eigenvalue weighted by molar-refractivity contribution is 0.0887. The third-order valence-corrected chi connectivity index (χ3v) is 2.05. The highest BCUT2D eigenvalue weighted by Crippen LogP contribution is 2.15. The summed E-state index contributed by atoms with van der Waals surface area (Å²) in [4.78, 5) is 0. The van der Waals surface area contributed by atoms with Crippen molar-refractivity contribution in [3.05, 3.63) is 23.8 Å². The van der Waals surface area contributed by atoms with Crippen LogP contribution >= 0.6 is 0 Å². The predicted octanol–water partition coefficient (Wildman–Crippen LogP) is 1.40. The van der Waals surface area contributed by atoms with Gasteiger partial charge in [0.1, 0.15) is 0 Å². The Morgan fingerprint density at radius 1 is 1.42 bits per heavy atom. The standard InChI is InChI=1S/C10H16O2/c11-8-10(12)7-6-9-4-2-1-3-5-9/h2,4-5,10-12H,1,3,6-8H2/t10-/m0/s1. The minimum atomic E-state index is -0.554. The highest BCUT2D eigenvalue weighted by molar-refractivity contribution is 5.21. The molecule has 0 aromatic rings. The normalized spacial score (nSPS) is 19.0. The quantitative estimate of drug-likeness (QED) is 0.666. The summed E-state index contributed by atoms with van der Waals surface area (Å²) in [6, 6.07) is 0. The first-order valence-corrected chi connectivity index (χ1v) is 4.47. The molecule has 0 aromatic carbocycles. The highest BCUT2D eigenvalue weighted by Gasteiger charge is 2.03. The lowest BCUT2D eigenvalue weighted by Crippen LogP contribution is -2.11. The van der Waals surface area contributed by atoms with Crippen LogP contribution in [0.2, 0.25) is 0 Å². The summed E-state index contributed by atoms with van der Waals surface area (Å²) >= 11 is 0. The number of rotatable bonds is 4. The van der Waals surface area contributed by atoms with E-state index < -0.39 is 6.10 Å². The van der Waals surface area contributed by atoms with Gasteiger partial charge in [0.15, 0.2) is 0 Å². The maximum absolute atomic E-state index is 9.09. The zero-order chi connectivity index (χ0) is 8.81. The Kier molecular flexibility index (Phi) is 4.05. The van der Waals surface area contributed by atoms with Crippen molar-refractivity contribution < 1.29 is 10.2 Å². The van der Waals surface area contributed by atoms with Gasteiger partial charge in [0.2, 0.25) is 0 Å². The third kappa shape index (κ3) is 3.20. The van der Waals surface area contributed by atoms with E-state index in [0.717, 1.165) is 19.3 Å². The molecule has 0 unspecified atom stereocenters. The molecule has 0 bridgehead atoms. The van der Waals surface area contributed by atoms with Crippen LogP contribution in [0, 0.1) is 0 Å². The van der Waals surface area contributed by atoms with Gasteiger partial charge in [-0.15, -0.1) is 0 Å². The van der Waals surface area contributed by atoms with Crippen LogP contribution < -0.4 is 0 Å². The van der Waals surface area contributed by atoms with Crippen LogP contribution in [-0.2, 0) is 0 Å².